The van der Waals surface area contributed by atoms with Crippen LogP contribution in [0.2, 0.25) is 0 Å². The van der Waals surface area contributed by atoms with Crippen LogP contribution in [0, 0.1) is 0 Å². The third kappa shape index (κ3) is 2.03. The first-order chi connectivity index (χ1) is 11.8. The lowest BCUT2D eigenvalue weighted by Gasteiger charge is -2.22. The second-order valence-electron chi connectivity index (χ2n) is 5.65. The molecule has 6 nitrogen and oxygen atoms in total. The zero-order chi connectivity index (χ0) is 17.9. The molecule has 25 heavy (non-hydrogen) atoms. The van der Waals surface area contributed by atoms with Gasteiger partial charge in [0.1, 0.15) is 10.6 Å². The number of hydrogen-bond acceptors (Lipinski definition) is 5. The Morgan fingerprint density at radius 1 is 0.720 bits per heavy atom. The van der Waals surface area contributed by atoms with Crippen molar-refractivity contribution in [1.82, 2.24) is 0 Å². The zero-order valence-electron chi connectivity index (χ0n) is 12.6. The summed E-state index contributed by atoms with van der Waals surface area (Å²) >= 11 is 0. The maximum absolute atomic E-state index is 12.9. The van der Waals surface area contributed by atoms with E-state index in [1.165, 1.54) is 30.3 Å². The number of rotatable bonds is 1. The molecule has 124 valence electrons. The minimum absolute atomic E-state index is 0.0261. The summed E-state index contributed by atoms with van der Waals surface area (Å²) in [6.07, 6.45) is 0. The molecule has 1 aliphatic carbocycles. The van der Waals surface area contributed by atoms with Gasteiger partial charge in [0, 0.05) is 21.9 Å². The second-order valence-corrected chi connectivity index (χ2v) is 7.01. The molecule has 7 heteroatoms. The third-order valence-corrected chi connectivity index (χ3v) is 5.21. The molecule has 0 saturated carbocycles. The molecular formula is C18H10O6S. The molecular weight excluding hydrogens is 344 g/mol. The van der Waals surface area contributed by atoms with Crippen molar-refractivity contribution in [2.75, 3.05) is 0 Å². The van der Waals surface area contributed by atoms with Gasteiger partial charge < -0.3 is 5.11 Å². The van der Waals surface area contributed by atoms with E-state index in [2.05, 4.69) is 0 Å². The van der Waals surface area contributed by atoms with Gasteiger partial charge in [-0.1, -0.05) is 48.5 Å². The maximum atomic E-state index is 12.9. The predicted octanol–water partition coefficient (Wildman–Crippen LogP) is 2.57. The van der Waals surface area contributed by atoms with Crippen LogP contribution in [0.25, 0.3) is 10.8 Å². The average Bonchev–Trinajstić information content (AvgIpc) is 2.58. The molecule has 0 unspecified atom stereocenters. The number of ketones is 2. The largest absolute Gasteiger partial charge is 0.507 e. The van der Waals surface area contributed by atoms with Crippen LogP contribution in [0.3, 0.4) is 0 Å². The predicted molar refractivity (Wildman–Crippen MR) is 88.7 cm³/mol. The molecule has 0 heterocycles. The number of aromatic hydroxyl groups is 1. The fourth-order valence-corrected chi connectivity index (χ4v) is 4.15. The van der Waals surface area contributed by atoms with Crippen molar-refractivity contribution in [1.29, 1.82) is 0 Å². The fourth-order valence-electron chi connectivity index (χ4n) is 3.24. The van der Waals surface area contributed by atoms with Crippen molar-refractivity contribution in [3.63, 3.8) is 0 Å². The highest BCUT2D eigenvalue weighted by Crippen LogP contribution is 2.42. The molecule has 0 fully saturated rings. The van der Waals surface area contributed by atoms with Gasteiger partial charge in [-0.2, -0.15) is 8.42 Å². The van der Waals surface area contributed by atoms with Crippen molar-refractivity contribution in [2.45, 2.75) is 4.90 Å². The third-order valence-electron chi connectivity index (χ3n) is 4.27. The molecule has 3 aromatic rings. The Labute approximate surface area is 142 Å². The Bertz CT molecular complexity index is 1210. The van der Waals surface area contributed by atoms with Crippen molar-refractivity contribution in [3.05, 3.63) is 70.8 Å². The summed E-state index contributed by atoms with van der Waals surface area (Å²) in [5.74, 6) is -1.89. The Balaban J connectivity index is 2.29. The Kier molecular flexibility index (Phi) is 3.09. The highest BCUT2D eigenvalue weighted by molar-refractivity contribution is 7.86. The summed E-state index contributed by atoms with van der Waals surface area (Å²) in [5.41, 5.74) is -0.802. The molecule has 2 N–H and O–H groups in total. The summed E-state index contributed by atoms with van der Waals surface area (Å²) in [6.45, 7) is 0. The number of hydrogen-bond donors (Lipinski definition) is 2. The molecule has 1 aliphatic rings. The van der Waals surface area contributed by atoms with E-state index in [0.717, 1.165) is 0 Å². The first-order valence-corrected chi connectivity index (χ1v) is 8.70. The van der Waals surface area contributed by atoms with Gasteiger partial charge >= 0.3 is 0 Å². The molecule has 0 amide bonds. The van der Waals surface area contributed by atoms with E-state index in [-0.39, 0.29) is 21.9 Å². The normalized spacial score (nSPS) is 13.6. The number of carbonyl (C=O) groups excluding carboxylic acids is 2. The van der Waals surface area contributed by atoms with E-state index < -0.39 is 43.5 Å². The first-order valence-electron chi connectivity index (χ1n) is 7.26. The van der Waals surface area contributed by atoms with E-state index >= 15 is 0 Å². The summed E-state index contributed by atoms with van der Waals surface area (Å²) in [5, 5.41) is 10.6. The molecule has 4 rings (SSSR count). The van der Waals surface area contributed by atoms with Gasteiger partial charge in [-0.25, -0.2) is 0 Å². The molecule has 0 aromatic heterocycles. The summed E-state index contributed by atoms with van der Waals surface area (Å²) in [7, 11) is -4.83. The van der Waals surface area contributed by atoms with Crippen LogP contribution < -0.4 is 0 Å². The minimum Gasteiger partial charge on any atom is -0.507 e. The monoisotopic (exact) mass is 354 g/mol. The van der Waals surface area contributed by atoms with Crippen LogP contribution >= 0.6 is 0 Å². The number of phenolic OH excluding ortho intramolecular Hbond substituents is 1. The molecule has 0 saturated heterocycles. The number of benzene rings is 3. The number of fused-ring (bicyclic) bond motifs is 3. The van der Waals surface area contributed by atoms with Crippen LogP contribution in [0.4, 0.5) is 0 Å². The van der Waals surface area contributed by atoms with Crippen molar-refractivity contribution in [2.24, 2.45) is 0 Å². The maximum Gasteiger partial charge on any atom is 0.295 e. The fraction of sp³-hybridized carbons (Fsp3) is 0. The van der Waals surface area contributed by atoms with Gasteiger partial charge in [0.25, 0.3) is 10.1 Å². The van der Waals surface area contributed by atoms with E-state index in [4.69, 9.17) is 0 Å². The van der Waals surface area contributed by atoms with E-state index in [9.17, 15) is 27.7 Å². The van der Waals surface area contributed by atoms with Gasteiger partial charge in [-0.05, 0) is 0 Å². The number of carbonyl (C=O) groups is 2. The van der Waals surface area contributed by atoms with Gasteiger partial charge in [-0.15, -0.1) is 0 Å². The standard InChI is InChI=1S/C18H10O6S/c19-15-9-5-1-2-6-10(9)17(21)14-13(15)16(20)11-7-3-4-8-12(11)18(14)25(22,23)24/h1-8,20H,(H,22,23,24). The summed E-state index contributed by atoms with van der Waals surface area (Å²) in [4.78, 5) is 25.0. The summed E-state index contributed by atoms with van der Waals surface area (Å²) < 4.78 is 33.7. The van der Waals surface area contributed by atoms with Gasteiger partial charge in [0.2, 0.25) is 0 Å². The van der Waals surface area contributed by atoms with Crippen LogP contribution in [-0.4, -0.2) is 29.6 Å². The lowest BCUT2D eigenvalue weighted by atomic mass is 9.82. The van der Waals surface area contributed by atoms with Crippen LogP contribution in [0.1, 0.15) is 31.8 Å². The summed E-state index contributed by atoms with van der Waals surface area (Å²) in [6, 6.07) is 11.8. The number of phenols is 1. The van der Waals surface area contributed by atoms with E-state index in [0.29, 0.717) is 0 Å². The second kappa shape index (κ2) is 4.98. The van der Waals surface area contributed by atoms with Crippen LogP contribution in [-0.2, 0) is 10.1 Å². The lowest BCUT2D eigenvalue weighted by molar-refractivity contribution is 0.0974. The van der Waals surface area contributed by atoms with Crippen LogP contribution in [0.5, 0.6) is 5.75 Å². The van der Waals surface area contributed by atoms with E-state index in [1.54, 1.807) is 18.2 Å². The topological polar surface area (TPSA) is 109 Å². The Hall–Kier alpha value is -3.03. The van der Waals surface area contributed by atoms with Gasteiger partial charge in [0.05, 0.1) is 11.1 Å². The van der Waals surface area contributed by atoms with E-state index in [1.807, 2.05) is 0 Å². The lowest BCUT2D eigenvalue weighted by Crippen LogP contribution is -2.24. The highest BCUT2D eigenvalue weighted by atomic mass is 32.2. The molecule has 0 radical (unpaired) electrons. The SMILES string of the molecule is O=C1c2ccccc2C(=O)c2c1c(O)c1ccccc1c2S(=O)(=O)O. The molecule has 0 bridgehead atoms. The smallest absolute Gasteiger partial charge is 0.295 e. The van der Waals surface area contributed by atoms with Crippen LogP contribution in [0.15, 0.2) is 53.4 Å². The molecule has 0 aliphatic heterocycles. The minimum atomic E-state index is -4.83. The Morgan fingerprint density at radius 2 is 1.20 bits per heavy atom. The molecule has 3 aromatic carbocycles. The van der Waals surface area contributed by atoms with Crippen molar-refractivity contribution in [3.8, 4) is 5.75 Å². The van der Waals surface area contributed by atoms with Gasteiger partial charge in [-0.3, -0.25) is 14.1 Å². The Morgan fingerprint density at radius 3 is 1.76 bits per heavy atom. The first kappa shape index (κ1) is 15.5. The quantitative estimate of drug-likeness (QED) is 0.509. The molecule has 0 atom stereocenters. The van der Waals surface area contributed by atoms with Gasteiger partial charge in [0.15, 0.2) is 11.6 Å². The average molecular weight is 354 g/mol. The zero-order valence-corrected chi connectivity index (χ0v) is 13.4. The van der Waals surface area contributed by atoms with Crippen molar-refractivity contribution < 1.29 is 27.7 Å². The highest BCUT2D eigenvalue weighted by Gasteiger charge is 2.38. The molecule has 0 spiro atoms. The van der Waals surface area contributed by atoms with Crippen molar-refractivity contribution >= 4 is 32.5 Å².